The van der Waals surface area contributed by atoms with Crippen LogP contribution in [0.15, 0.2) is 0 Å². The Morgan fingerprint density at radius 1 is 1.03 bits per heavy atom. The smallest absolute Gasteiger partial charge is 0.326 e. The molecule has 0 saturated carbocycles. The number of carboxylic acids is 2. The summed E-state index contributed by atoms with van der Waals surface area (Å²) in [5.74, 6) is 1.41. The predicted molar refractivity (Wildman–Crippen MR) is 111 cm³/mol. The van der Waals surface area contributed by atoms with Crippen molar-refractivity contribution in [3.8, 4) is 0 Å². The number of nitrogens with zero attached hydrogens (tertiary/aromatic N) is 3. The second kappa shape index (κ2) is 19.3. The summed E-state index contributed by atoms with van der Waals surface area (Å²) in [6.07, 6.45) is 0.199. The number of carboxylic acid groups (broad SMARTS) is 2. The first-order chi connectivity index (χ1) is 13.3. The van der Waals surface area contributed by atoms with Gasteiger partial charge in [-0.1, -0.05) is 5.21 Å². The van der Waals surface area contributed by atoms with Crippen LogP contribution in [0.4, 0.5) is 4.79 Å². The molecule has 2 amide bonds. The van der Waals surface area contributed by atoms with Gasteiger partial charge in [0, 0.05) is 26.5 Å². The van der Waals surface area contributed by atoms with Crippen LogP contribution in [0.3, 0.4) is 0 Å². The number of hydrogen-bond acceptors (Lipinski definition) is 10. The summed E-state index contributed by atoms with van der Waals surface area (Å²) in [6.45, 7) is 0. The van der Waals surface area contributed by atoms with Crippen molar-refractivity contribution in [2.75, 3.05) is 28.8 Å². The molecule has 2 atom stereocenters. The van der Waals surface area contributed by atoms with Crippen LogP contribution in [0.2, 0.25) is 0 Å². The van der Waals surface area contributed by atoms with Gasteiger partial charge in [0.1, 0.15) is 12.1 Å². The van der Waals surface area contributed by atoms with Crippen molar-refractivity contribution < 1.29 is 44.7 Å². The molecular weight excluding hydrogens is 546 g/mol. The average Bonchev–Trinajstić information content (AvgIpc) is 3.17. The van der Waals surface area contributed by atoms with Crippen LogP contribution in [0, 0.1) is 0 Å². The van der Waals surface area contributed by atoms with Crippen LogP contribution in [0.1, 0.15) is 12.2 Å². The zero-order chi connectivity index (χ0) is 21.4. The van der Waals surface area contributed by atoms with E-state index >= 15 is 0 Å². The van der Waals surface area contributed by atoms with E-state index in [1.165, 1.54) is 0 Å². The van der Waals surface area contributed by atoms with E-state index in [0.29, 0.717) is 5.82 Å². The van der Waals surface area contributed by atoms with Gasteiger partial charge in [0.2, 0.25) is 0 Å². The van der Waals surface area contributed by atoms with E-state index in [9.17, 15) is 14.4 Å². The number of carbonyl (C=O) groups excluding carboxylic acids is 1. The van der Waals surface area contributed by atoms with Crippen LogP contribution >= 0.6 is 11.8 Å². The largest absolute Gasteiger partial charge is 0.792 e. The van der Waals surface area contributed by atoms with E-state index in [2.05, 4.69) is 43.9 Å². The summed E-state index contributed by atoms with van der Waals surface area (Å²) in [7, 11) is 0. The van der Waals surface area contributed by atoms with Crippen LogP contribution in [0.25, 0.3) is 0 Å². The van der Waals surface area contributed by atoms with Crippen LogP contribution in [-0.2, 0) is 74.0 Å². The molecule has 5 N–H and O–H groups in total. The molecule has 0 bridgehead atoms. The number of rotatable bonds is 12. The quantitative estimate of drug-likeness (QED) is 0.150. The van der Waals surface area contributed by atoms with Crippen molar-refractivity contribution in [3.05, 3.63) is 5.82 Å². The molecule has 0 saturated heterocycles. The minimum absolute atomic E-state index is 0. The third-order valence-electron chi connectivity index (χ3n) is 2.87. The number of urea groups is 1. The topological polar surface area (TPSA) is 170 Å². The monoisotopic (exact) mass is 566 g/mol. The molecule has 1 heterocycles. The van der Waals surface area contributed by atoms with Crippen molar-refractivity contribution in [2.24, 2.45) is 0 Å². The zero-order valence-corrected chi connectivity index (χ0v) is 20.2. The van der Waals surface area contributed by atoms with Crippen LogP contribution < -0.4 is 10.6 Å². The standard InChI is InChI=1S/C9H14N6O5S.C4H10S3.Tc/c16-7(17)4(1-2-6-12-14-15-13-6)10-9(20)11-5(3-21)8(18)19;5-1-3-7-4-2-6;/h4-5,21H,1-3H2,(H,16,17)(H,18,19)(H2,10,11,20)(H,12,13,14,15);5-6H,1-4H2;/p-3/t4-,5-;;/m0../s1. The Kier molecular flexibility index (Phi) is 20.3. The van der Waals surface area contributed by atoms with E-state index in [1.807, 2.05) is 11.8 Å². The minimum Gasteiger partial charge on any atom is -0.792 e. The molecule has 0 unspecified atom stereocenters. The Balaban J connectivity index is 0. The van der Waals surface area contributed by atoms with Crippen molar-refractivity contribution in [3.63, 3.8) is 0 Å². The molecule has 167 valence electrons. The predicted octanol–water partition coefficient (Wildman–Crippen LogP) is -1.30. The zero-order valence-electron chi connectivity index (χ0n) is 15.1. The van der Waals surface area contributed by atoms with E-state index in [1.54, 1.807) is 0 Å². The summed E-state index contributed by atoms with van der Waals surface area (Å²) in [4.78, 5) is 33.3. The van der Waals surface area contributed by atoms with Gasteiger partial charge in [0.15, 0.2) is 5.82 Å². The van der Waals surface area contributed by atoms with Gasteiger partial charge in [-0.3, -0.25) is 4.79 Å². The van der Waals surface area contributed by atoms with Gasteiger partial charge in [0.25, 0.3) is 0 Å². The summed E-state index contributed by atoms with van der Waals surface area (Å²) < 4.78 is 0. The fraction of sp³-hybridized carbons (Fsp3) is 0.692. The number of aromatic nitrogens is 4. The fourth-order valence-corrected chi connectivity index (χ4v) is 2.94. The van der Waals surface area contributed by atoms with Crippen molar-refractivity contribution in [1.82, 2.24) is 31.3 Å². The summed E-state index contributed by atoms with van der Waals surface area (Å²) >= 11 is 15.8. The molecule has 0 fully saturated rings. The van der Waals surface area contributed by atoms with E-state index < -0.39 is 30.1 Å². The number of aromatic amines is 1. The van der Waals surface area contributed by atoms with E-state index in [-0.39, 0.29) is 38.7 Å². The van der Waals surface area contributed by atoms with Crippen molar-refractivity contribution in [2.45, 2.75) is 24.9 Å². The molecule has 0 spiro atoms. The fourth-order valence-electron chi connectivity index (χ4n) is 1.57. The number of hydrogen-bond donors (Lipinski definition) is 5. The first kappa shape index (κ1) is 30.5. The third-order valence-corrected chi connectivity index (χ3v) is 5.12. The summed E-state index contributed by atoms with van der Waals surface area (Å²) in [5, 5.41) is 34.8. The molecule has 11 nitrogen and oxygen atoms in total. The van der Waals surface area contributed by atoms with Crippen LogP contribution in [0.5, 0.6) is 0 Å². The summed E-state index contributed by atoms with van der Waals surface area (Å²) in [6, 6.07) is -3.40. The number of nitrogens with one attached hydrogen (secondary N) is 3. The number of tetrazole rings is 1. The van der Waals surface area contributed by atoms with Crippen LogP contribution in [-0.4, -0.2) is 89.7 Å². The molecule has 1 rings (SSSR count). The molecular formula is C13H21N6O5S4Tc-3. The molecule has 1 radical (unpaired) electrons. The second-order valence-electron chi connectivity index (χ2n) is 4.95. The first-order valence-corrected chi connectivity index (χ1v) is 10.8. The van der Waals surface area contributed by atoms with Gasteiger partial charge in [-0.2, -0.15) is 28.5 Å². The molecule has 0 aliphatic rings. The Morgan fingerprint density at radius 3 is 2.00 bits per heavy atom. The molecule has 1 aromatic heterocycles. The second-order valence-corrected chi connectivity index (χ2v) is 7.33. The number of aryl methyl sites for hydroxylation is 1. The molecule has 0 aromatic carbocycles. The van der Waals surface area contributed by atoms with Gasteiger partial charge >= 0.3 is 18.0 Å². The Labute approximate surface area is 202 Å². The number of H-pyrrole nitrogens is 1. The SMILES string of the molecule is O=C(N[C@@H](C[S-])C(=O)O)N[C@@H](CCc1nn[nH]n1)C(=O)O.[S-]CCSCC[S-].[Tc]. The number of amides is 2. The van der Waals surface area contributed by atoms with E-state index in [0.717, 1.165) is 23.0 Å². The van der Waals surface area contributed by atoms with Crippen molar-refractivity contribution in [1.29, 1.82) is 0 Å². The minimum atomic E-state index is -1.29. The maximum atomic E-state index is 11.5. The molecule has 29 heavy (non-hydrogen) atoms. The van der Waals surface area contributed by atoms with Gasteiger partial charge in [-0.25, -0.2) is 9.59 Å². The molecule has 0 aliphatic heterocycles. The number of carbonyl (C=O) groups is 3. The first-order valence-electron chi connectivity index (χ1n) is 7.92. The van der Waals surface area contributed by atoms with E-state index in [4.69, 9.17) is 35.5 Å². The Hall–Kier alpha value is -0.671. The average molecular weight is 568 g/mol. The third kappa shape index (κ3) is 15.8. The Bertz CT molecular complexity index is 582. The summed E-state index contributed by atoms with van der Waals surface area (Å²) in [5.41, 5.74) is 0. The maximum absolute atomic E-state index is 11.5. The van der Waals surface area contributed by atoms with Gasteiger partial charge in [-0.05, 0) is 17.9 Å². The van der Waals surface area contributed by atoms with Crippen molar-refractivity contribution >= 4 is 67.6 Å². The van der Waals surface area contributed by atoms with Gasteiger partial charge in [-0.15, -0.1) is 16.0 Å². The Morgan fingerprint density at radius 2 is 1.59 bits per heavy atom. The molecule has 0 aliphatic carbocycles. The molecule has 16 heteroatoms. The maximum Gasteiger partial charge on any atom is 0.326 e. The normalized spacial score (nSPS) is 11.8. The molecule has 1 aromatic rings. The van der Waals surface area contributed by atoms with Gasteiger partial charge in [0.05, 0.1) is 0 Å². The van der Waals surface area contributed by atoms with Gasteiger partial charge < -0.3 is 58.7 Å². The number of thioether (sulfide) groups is 1. The number of aliphatic carboxylic acids is 2.